The molecule has 1 aromatic carbocycles. The number of pyridine rings is 1. The van der Waals surface area contributed by atoms with Crippen LogP contribution < -0.4 is 10.6 Å². The third kappa shape index (κ3) is 5.30. The van der Waals surface area contributed by atoms with Crippen molar-refractivity contribution in [1.82, 2.24) is 20.3 Å². The standard InChI is InChI=1S/C22H23ClFN5O/c1-13(2)19(22(30)26-12-15-7-6-8-16(24)11-15)28-21-18(23)14(3)27-20(29-21)17-9-4-5-10-25-17/h4-11,13,19H,12H2,1-3H3,(H,26,30)(H,27,28,29). The number of carbonyl (C=O) groups is 1. The second-order valence-corrected chi connectivity index (χ2v) is 7.60. The number of carbonyl (C=O) groups excluding carboxylic acids is 1. The zero-order chi connectivity index (χ0) is 21.7. The molecule has 0 spiro atoms. The fourth-order valence-electron chi connectivity index (χ4n) is 2.89. The number of hydrogen-bond donors (Lipinski definition) is 2. The summed E-state index contributed by atoms with van der Waals surface area (Å²) in [6.07, 6.45) is 1.66. The summed E-state index contributed by atoms with van der Waals surface area (Å²) in [4.78, 5) is 26.0. The Balaban J connectivity index is 1.80. The molecule has 1 atom stereocenters. The molecular weight excluding hydrogens is 405 g/mol. The van der Waals surface area contributed by atoms with E-state index in [-0.39, 0.29) is 24.2 Å². The minimum absolute atomic E-state index is 0.0536. The quantitative estimate of drug-likeness (QED) is 0.584. The number of benzene rings is 1. The summed E-state index contributed by atoms with van der Waals surface area (Å²) in [6, 6.07) is 11.0. The lowest BCUT2D eigenvalue weighted by Gasteiger charge is -2.23. The zero-order valence-corrected chi connectivity index (χ0v) is 17.7. The van der Waals surface area contributed by atoms with Crippen molar-refractivity contribution in [3.8, 4) is 11.5 Å². The summed E-state index contributed by atoms with van der Waals surface area (Å²) in [5, 5.41) is 6.34. The van der Waals surface area contributed by atoms with Crippen LogP contribution in [0.5, 0.6) is 0 Å². The summed E-state index contributed by atoms with van der Waals surface area (Å²) in [5.74, 6) is 0.154. The van der Waals surface area contributed by atoms with Crippen LogP contribution in [0.2, 0.25) is 5.02 Å². The monoisotopic (exact) mass is 427 g/mol. The Morgan fingerprint density at radius 3 is 2.63 bits per heavy atom. The lowest BCUT2D eigenvalue weighted by atomic mass is 10.0. The van der Waals surface area contributed by atoms with Crippen molar-refractivity contribution in [3.05, 3.63) is 70.8 Å². The van der Waals surface area contributed by atoms with Crippen molar-refractivity contribution in [3.63, 3.8) is 0 Å². The number of amides is 1. The second-order valence-electron chi connectivity index (χ2n) is 7.22. The molecule has 2 heterocycles. The van der Waals surface area contributed by atoms with Gasteiger partial charge in [0.1, 0.15) is 28.4 Å². The molecule has 0 radical (unpaired) electrons. The van der Waals surface area contributed by atoms with Crippen LogP contribution in [-0.4, -0.2) is 26.9 Å². The molecule has 0 aliphatic carbocycles. The van der Waals surface area contributed by atoms with E-state index in [2.05, 4.69) is 25.6 Å². The second kappa shape index (κ2) is 9.63. The molecule has 0 bridgehead atoms. The highest BCUT2D eigenvalue weighted by Gasteiger charge is 2.24. The highest BCUT2D eigenvalue weighted by molar-refractivity contribution is 6.33. The summed E-state index contributed by atoms with van der Waals surface area (Å²) in [7, 11) is 0. The first-order valence-corrected chi connectivity index (χ1v) is 9.97. The van der Waals surface area contributed by atoms with Gasteiger partial charge in [0, 0.05) is 12.7 Å². The Morgan fingerprint density at radius 1 is 1.17 bits per heavy atom. The summed E-state index contributed by atoms with van der Waals surface area (Å²) >= 11 is 6.42. The number of halogens is 2. The lowest BCUT2D eigenvalue weighted by molar-refractivity contribution is -0.122. The summed E-state index contributed by atoms with van der Waals surface area (Å²) < 4.78 is 13.4. The average molecular weight is 428 g/mol. The van der Waals surface area contributed by atoms with Gasteiger partial charge in [-0.25, -0.2) is 14.4 Å². The molecule has 0 fully saturated rings. The smallest absolute Gasteiger partial charge is 0.243 e. The van der Waals surface area contributed by atoms with Crippen molar-refractivity contribution in [2.45, 2.75) is 33.4 Å². The molecule has 2 aromatic heterocycles. The Morgan fingerprint density at radius 2 is 1.97 bits per heavy atom. The number of hydrogen-bond acceptors (Lipinski definition) is 5. The number of nitrogens with zero attached hydrogens (tertiary/aromatic N) is 3. The normalized spacial score (nSPS) is 11.9. The van der Waals surface area contributed by atoms with Crippen molar-refractivity contribution in [2.75, 3.05) is 5.32 Å². The molecule has 3 aromatic rings. The molecular formula is C22H23ClFN5O. The summed E-state index contributed by atoms with van der Waals surface area (Å²) in [5.41, 5.74) is 1.87. The van der Waals surface area contributed by atoms with E-state index in [0.717, 1.165) is 0 Å². The van der Waals surface area contributed by atoms with Gasteiger partial charge >= 0.3 is 0 Å². The number of rotatable bonds is 7. The first-order valence-electron chi connectivity index (χ1n) is 9.59. The van der Waals surface area contributed by atoms with E-state index >= 15 is 0 Å². The minimum atomic E-state index is -0.595. The number of aryl methyl sites for hydroxylation is 1. The van der Waals surface area contributed by atoms with Gasteiger partial charge in [-0.15, -0.1) is 0 Å². The maximum atomic E-state index is 13.4. The molecule has 3 rings (SSSR count). The maximum absolute atomic E-state index is 13.4. The van der Waals surface area contributed by atoms with Gasteiger partial charge in [-0.3, -0.25) is 9.78 Å². The van der Waals surface area contributed by atoms with Crippen LogP contribution >= 0.6 is 11.6 Å². The Hall–Kier alpha value is -3.06. The van der Waals surface area contributed by atoms with E-state index in [1.807, 2.05) is 26.0 Å². The third-order valence-electron chi connectivity index (χ3n) is 4.51. The molecule has 0 saturated heterocycles. The highest BCUT2D eigenvalue weighted by Crippen LogP contribution is 2.27. The molecule has 1 amide bonds. The third-order valence-corrected chi connectivity index (χ3v) is 4.96. The fraction of sp³-hybridized carbons (Fsp3) is 0.273. The molecule has 8 heteroatoms. The van der Waals surface area contributed by atoms with Crippen LogP contribution in [0.15, 0.2) is 48.7 Å². The first-order chi connectivity index (χ1) is 14.3. The number of aromatic nitrogens is 3. The molecule has 30 heavy (non-hydrogen) atoms. The first kappa shape index (κ1) is 21.6. The van der Waals surface area contributed by atoms with E-state index in [4.69, 9.17) is 11.6 Å². The average Bonchev–Trinajstić information content (AvgIpc) is 2.73. The van der Waals surface area contributed by atoms with Crippen molar-refractivity contribution in [2.24, 2.45) is 5.92 Å². The predicted molar refractivity (Wildman–Crippen MR) is 116 cm³/mol. The molecule has 1 unspecified atom stereocenters. The van der Waals surface area contributed by atoms with E-state index in [1.54, 1.807) is 31.3 Å². The van der Waals surface area contributed by atoms with Gasteiger partial charge in [0.15, 0.2) is 5.82 Å². The van der Waals surface area contributed by atoms with Crippen molar-refractivity contribution < 1.29 is 9.18 Å². The van der Waals surface area contributed by atoms with Crippen LogP contribution in [0, 0.1) is 18.7 Å². The van der Waals surface area contributed by atoms with Crippen LogP contribution in [0.1, 0.15) is 25.1 Å². The maximum Gasteiger partial charge on any atom is 0.243 e. The van der Waals surface area contributed by atoms with Crippen LogP contribution in [0.4, 0.5) is 10.2 Å². The minimum Gasteiger partial charge on any atom is -0.357 e. The van der Waals surface area contributed by atoms with Gasteiger partial charge in [-0.2, -0.15) is 0 Å². The van der Waals surface area contributed by atoms with E-state index in [1.165, 1.54) is 12.1 Å². The van der Waals surface area contributed by atoms with Gasteiger partial charge in [-0.1, -0.05) is 43.6 Å². The topological polar surface area (TPSA) is 79.8 Å². The largest absolute Gasteiger partial charge is 0.357 e. The van der Waals surface area contributed by atoms with Gasteiger partial charge in [0.05, 0.1) is 5.69 Å². The highest BCUT2D eigenvalue weighted by atomic mass is 35.5. The van der Waals surface area contributed by atoms with Crippen molar-refractivity contribution >= 4 is 23.3 Å². The van der Waals surface area contributed by atoms with Crippen LogP contribution in [0.3, 0.4) is 0 Å². The van der Waals surface area contributed by atoms with Crippen LogP contribution in [-0.2, 0) is 11.3 Å². The number of anilines is 1. The Labute approximate surface area is 179 Å². The Bertz CT molecular complexity index is 1030. The van der Waals surface area contributed by atoms with Crippen molar-refractivity contribution in [1.29, 1.82) is 0 Å². The van der Waals surface area contributed by atoms with Gasteiger partial charge < -0.3 is 10.6 Å². The predicted octanol–water partition coefficient (Wildman–Crippen LogP) is 4.39. The molecule has 2 N–H and O–H groups in total. The SMILES string of the molecule is Cc1nc(-c2ccccn2)nc(NC(C(=O)NCc2cccc(F)c2)C(C)C)c1Cl. The number of nitrogens with one attached hydrogen (secondary N) is 2. The lowest BCUT2D eigenvalue weighted by Crippen LogP contribution is -2.43. The van der Waals surface area contributed by atoms with E-state index in [9.17, 15) is 9.18 Å². The molecule has 156 valence electrons. The molecule has 0 aliphatic rings. The molecule has 0 aliphatic heterocycles. The van der Waals surface area contributed by atoms with Crippen LogP contribution in [0.25, 0.3) is 11.5 Å². The van der Waals surface area contributed by atoms with Gasteiger partial charge in [0.25, 0.3) is 0 Å². The van der Waals surface area contributed by atoms with Gasteiger partial charge in [0.2, 0.25) is 5.91 Å². The zero-order valence-electron chi connectivity index (χ0n) is 17.0. The van der Waals surface area contributed by atoms with Gasteiger partial charge in [-0.05, 0) is 42.7 Å². The molecule has 6 nitrogen and oxygen atoms in total. The Kier molecular flexibility index (Phi) is 6.95. The molecule has 0 saturated carbocycles. The summed E-state index contributed by atoms with van der Waals surface area (Å²) in [6.45, 7) is 5.83. The van der Waals surface area contributed by atoms with E-state index < -0.39 is 6.04 Å². The van der Waals surface area contributed by atoms with E-state index in [0.29, 0.717) is 33.6 Å². The fourth-order valence-corrected chi connectivity index (χ4v) is 3.03.